The predicted molar refractivity (Wildman–Crippen MR) is 99.8 cm³/mol. The normalized spacial score (nSPS) is 12.2. The van der Waals surface area contributed by atoms with E-state index >= 15 is 0 Å². The zero-order valence-corrected chi connectivity index (χ0v) is 15.0. The van der Waals surface area contributed by atoms with Crippen molar-refractivity contribution in [2.75, 3.05) is 0 Å². The van der Waals surface area contributed by atoms with Gasteiger partial charge in [-0.2, -0.15) is 18.3 Å². The molecule has 0 aliphatic heterocycles. The Bertz CT molecular complexity index is 1040. The van der Waals surface area contributed by atoms with E-state index in [2.05, 4.69) is 5.10 Å². The molecule has 0 unspecified atom stereocenters. The number of hydrogen-bond donors (Lipinski definition) is 2. The van der Waals surface area contributed by atoms with Crippen LogP contribution in [0.15, 0.2) is 59.7 Å². The second-order valence-electron chi connectivity index (χ2n) is 5.76. The number of nitrogens with zero attached hydrogens (tertiary/aromatic N) is 1. The van der Waals surface area contributed by atoms with Gasteiger partial charge in [-0.1, -0.05) is 30.3 Å². The van der Waals surface area contributed by atoms with Crippen LogP contribution in [0.25, 0.3) is 10.1 Å². The summed E-state index contributed by atoms with van der Waals surface area (Å²) in [6, 6.07) is 13.9. The number of halogens is 3. The second kappa shape index (κ2) is 7.81. The molecule has 0 bridgehead atoms. The summed E-state index contributed by atoms with van der Waals surface area (Å²) in [6.07, 6.45) is -5.92. The van der Waals surface area contributed by atoms with E-state index in [1.807, 2.05) is 0 Å². The molecule has 1 heterocycles. The minimum Gasteiger partial charge on any atom is -0.507 e. The molecule has 0 radical (unpaired) electrons. The van der Waals surface area contributed by atoms with E-state index < -0.39 is 35.7 Å². The van der Waals surface area contributed by atoms with E-state index in [1.54, 1.807) is 29.7 Å². The van der Waals surface area contributed by atoms with Crippen LogP contribution in [0.3, 0.4) is 0 Å². The number of thiophene rings is 1. The fourth-order valence-corrected chi connectivity index (χ4v) is 3.41. The first-order valence-electron chi connectivity index (χ1n) is 7.99. The number of phenolic OH excluding ortho intramolecular Hbond substituents is 1. The third kappa shape index (κ3) is 4.37. The topological polar surface area (TPSA) is 78.8 Å². The molecule has 0 fully saturated rings. The van der Waals surface area contributed by atoms with Crippen molar-refractivity contribution in [3.05, 3.63) is 65.0 Å². The molecule has 9 heteroatoms. The average Bonchev–Trinajstić information content (AvgIpc) is 3.08. The number of nitrogens with one attached hydrogen (secondary N) is 1. The number of carbonyl (C=O) groups is 2. The lowest BCUT2D eigenvalue weighted by Crippen LogP contribution is -2.30. The fraction of sp³-hybridized carbons (Fsp3) is 0.105. The molecule has 0 saturated heterocycles. The van der Waals surface area contributed by atoms with Gasteiger partial charge in [0.1, 0.15) is 11.5 Å². The van der Waals surface area contributed by atoms with Crippen LogP contribution in [0, 0.1) is 0 Å². The molecule has 1 aromatic heterocycles. The number of rotatable bonds is 5. The number of para-hydroxylation sites is 1. The predicted octanol–water partition coefficient (Wildman–Crippen LogP) is 4.53. The van der Waals surface area contributed by atoms with Crippen molar-refractivity contribution in [1.29, 1.82) is 0 Å². The third-order valence-electron chi connectivity index (χ3n) is 3.80. The molecular formula is C19H13F3N2O3S. The largest absolute Gasteiger partial charge is 0.507 e. The van der Waals surface area contributed by atoms with E-state index in [1.165, 1.54) is 30.3 Å². The average molecular weight is 406 g/mol. The summed E-state index contributed by atoms with van der Waals surface area (Å²) in [4.78, 5) is 24.4. The van der Waals surface area contributed by atoms with Gasteiger partial charge >= 0.3 is 6.18 Å². The van der Waals surface area contributed by atoms with Crippen molar-refractivity contribution >= 4 is 38.8 Å². The standard InChI is InChI=1S/C19H13F3N2O3S/c20-19(21,22)17(23-24-18(27)12-6-2-3-7-13(12)25)10-14(26)16-9-11-5-1-4-8-15(11)28-16/h1-9,25H,10H2,(H,24,27)/b23-17-. The summed E-state index contributed by atoms with van der Waals surface area (Å²) in [5.41, 5.74) is 0.0855. The Labute approximate surface area is 161 Å². The molecule has 3 aromatic rings. The van der Waals surface area contributed by atoms with Crippen LogP contribution >= 0.6 is 11.3 Å². The Balaban J connectivity index is 1.80. The molecule has 144 valence electrons. The lowest BCUT2D eigenvalue weighted by Gasteiger charge is -2.10. The maximum Gasteiger partial charge on any atom is 0.431 e. The second-order valence-corrected chi connectivity index (χ2v) is 6.85. The van der Waals surface area contributed by atoms with Gasteiger partial charge in [-0.05, 0) is 29.7 Å². The zero-order chi connectivity index (χ0) is 20.3. The molecule has 28 heavy (non-hydrogen) atoms. The van der Waals surface area contributed by atoms with Crippen molar-refractivity contribution in [1.82, 2.24) is 5.43 Å². The lowest BCUT2D eigenvalue weighted by molar-refractivity contribution is -0.0605. The van der Waals surface area contributed by atoms with Crippen molar-refractivity contribution in [3.63, 3.8) is 0 Å². The molecule has 3 rings (SSSR count). The maximum atomic E-state index is 13.3. The number of ketones is 1. The van der Waals surface area contributed by atoms with Crippen LogP contribution in [0.2, 0.25) is 0 Å². The quantitative estimate of drug-likeness (QED) is 0.371. The van der Waals surface area contributed by atoms with Crippen LogP contribution in [0.4, 0.5) is 13.2 Å². The molecular weight excluding hydrogens is 393 g/mol. The van der Waals surface area contributed by atoms with Gasteiger partial charge in [-0.25, -0.2) is 5.43 Å². The van der Waals surface area contributed by atoms with Gasteiger partial charge in [-0.3, -0.25) is 9.59 Å². The van der Waals surface area contributed by atoms with Gasteiger partial charge in [0, 0.05) is 4.70 Å². The zero-order valence-electron chi connectivity index (χ0n) is 14.2. The number of hydrazone groups is 1. The molecule has 0 atom stereocenters. The van der Waals surface area contributed by atoms with Crippen molar-refractivity contribution < 1.29 is 27.9 Å². The lowest BCUT2D eigenvalue weighted by atomic mass is 10.1. The first-order chi connectivity index (χ1) is 13.3. The number of fused-ring (bicyclic) bond motifs is 1. The highest BCUT2D eigenvalue weighted by atomic mass is 32.1. The minimum atomic E-state index is -4.90. The minimum absolute atomic E-state index is 0.171. The highest BCUT2D eigenvalue weighted by Crippen LogP contribution is 2.28. The number of benzene rings is 2. The van der Waals surface area contributed by atoms with Gasteiger partial charge in [0.05, 0.1) is 16.9 Å². The molecule has 0 aliphatic carbocycles. The number of carbonyl (C=O) groups excluding carboxylic acids is 2. The number of Topliss-reactive ketones (excluding diaryl/α,β-unsaturated/α-hetero) is 1. The summed E-state index contributed by atoms with van der Waals surface area (Å²) in [7, 11) is 0. The van der Waals surface area contributed by atoms with Crippen molar-refractivity contribution in [2.45, 2.75) is 12.6 Å². The Morgan fingerprint density at radius 1 is 1.07 bits per heavy atom. The highest BCUT2D eigenvalue weighted by molar-refractivity contribution is 7.20. The van der Waals surface area contributed by atoms with E-state index in [-0.39, 0.29) is 10.4 Å². The van der Waals surface area contributed by atoms with Crippen LogP contribution in [0.1, 0.15) is 26.5 Å². The summed E-state index contributed by atoms with van der Waals surface area (Å²) in [5.74, 6) is -2.17. The van der Waals surface area contributed by atoms with Crippen LogP contribution < -0.4 is 5.43 Å². The fourth-order valence-electron chi connectivity index (χ4n) is 2.41. The SMILES string of the molecule is O=C(C/C(=N/NC(=O)c1ccccc1O)C(F)(F)F)c1cc2ccccc2s1. The van der Waals surface area contributed by atoms with Gasteiger partial charge in [-0.15, -0.1) is 11.3 Å². The molecule has 2 N–H and O–H groups in total. The van der Waals surface area contributed by atoms with Crippen molar-refractivity contribution in [3.8, 4) is 5.75 Å². The Morgan fingerprint density at radius 2 is 1.75 bits per heavy atom. The van der Waals surface area contributed by atoms with Gasteiger partial charge in [0.25, 0.3) is 5.91 Å². The Kier molecular flexibility index (Phi) is 5.46. The molecule has 2 aromatic carbocycles. The van der Waals surface area contributed by atoms with E-state index in [4.69, 9.17) is 0 Å². The number of alkyl halides is 3. The maximum absolute atomic E-state index is 13.3. The molecule has 1 amide bonds. The summed E-state index contributed by atoms with van der Waals surface area (Å²) in [6.45, 7) is 0. The van der Waals surface area contributed by atoms with Gasteiger partial charge < -0.3 is 5.11 Å². The molecule has 0 aliphatic rings. The molecule has 0 spiro atoms. The highest BCUT2D eigenvalue weighted by Gasteiger charge is 2.37. The van der Waals surface area contributed by atoms with E-state index in [0.29, 0.717) is 0 Å². The number of phenols is 1. The summed E-state index contributed by atoms with van der Waals surface area (Å²) < 4.78 is 40.5. The Morgan fingerprint density at radius 3 is 2.43 bits per heavy atom. The van der Waals surface area contributed by atoms with Gasteiger partial charge in [0.2, 0.25) is 0 Å². The first kappa shape index (κ1) is 19.6. The van der Waals surface area contributed by atoms with Gasteiger partial charge in [0.15, 0.2) is 5.78 Å². The first-order valence-corrected chi connectivity index (χ1v) is 8.81. The number of amides is 1. The van der Waals surface area contributed by atoms with E-state index in [0.717, 1.165) is 21.4 Å². The summed E-state index contributed by atoms with van der Waals surface area (Å²) in [5, 5.41) is 13.4. The molecule has 0 saturated carbocycles. The monoisotopic (exact) mass is 406 g/mol. The number of aromatic hydroxyl groups is 1. The number of hydrogen-bond acceptors (Lipinski definition) is 5. The summed E-state index contributed by atoms with van der Waals surface area (Å²) >= 11 is 1.09. The molecule has 5 nitrogen and oxygen atoms in total. The van der Waals surface area contributed by atoms with Crippen LogP contribution in [0.5, 0.6) is 5.75 Å². The van der Waals surface area contributed by atoms with Crippen LogP contribution in [-0.2, 0) is 0 Å². The smallest absolute Gasteiger partial charge is 0.431 e. The van der Waals surface area contributed by atoms with Crippen molar-refractivity contribution in [2.24, 2.45) is 5.10 Å². The van der Waals surface area contributed by atoms with E-state index in [9.17, 15) is 27.9 Å². The Hall–Kier alpha value is -3.20. The van der Waals surface area contributed by atoms with Crippen LogP contribution in [-0.4, -0.2) is 28.7 Å². The third-order valence-corrected chi connectivity index (χ3v) is 4.95.